The van der Waals surface area contributed by atoms with Crippen molar-refractivity contribution in [2.24, 2.45) is 0 Å². The molecule has 1 saturated heterocycles. The number of hydrogen-bond acceptors (Lipinski definition) is 6. The molecular formula is C32H46N4O3S2. The van der Waals surface area contributed by atoms with Crippen molar-refractivity contribution in [3.8, 4) is 0 Å². The minimum atomic E-state index is -3.39. The number of carbonyl (C=O) groups excluding carboxylic acids is 1. The average molecular weight is 599 g/mol. The van der Waals surface area contributed by atoms with Gasteiger partial charge in [0, 0.05) is 56.1 Å². The minimum Gasteiger partial charge on any atom is -0.334 e. The number of amides is 1. The lowest BCUT2D eigenvalue weighted by atomic mass is 9.94. The molecular weight excluding hydrogens is 553 g/mol. The van der Waals surface area contributed by atoms with Crippen molar-refractivity contribution in [3.05, 3.63) is 87.6 Å². The second-order valence-electron chi connectivity index (χ2n) is 10.9. The van der Waals surface area contributed by atoms with Crippen molar-refractivity contribution in [1.29, 1.82) is 0 Å². The highest BCUT2D eigenvalue weighted by molar-refractivity contribution is 7.92. The number of benzene rings is 2. The van der Waals surface area contributed by atoms with E-state index in [1.807, 2.05) is 88.9 Å². The van der Waals surface area contributed by atoms with E-state index in [2.05, 4.69) is 31.3 Å². The molecule has 0 radical (unpaired) electrons. The van der Waals surface area contributed by atoms with E-state index in [9.17, 15) is 13.2 Å². The van der Waals surface area contributed by atoms with Crippen molar-refractivity contribution >= 4 is 33.0 Å². The van der Waals surface area contributed by atoms with Crippen LogP contribution in [0.15, 0.2) is 65.4 Å². The highest BCUT2D eigenvalue weighted by atomic mass is 32.2. The Hall–Kier alpha value is -2.72. The number of carbonyl (C=O) groups is 1. The number of nitrogens with zero attached hydrogens (tertiary/aromatic N) is 3. The molecule has 7 nitrogen and oxygen atoms in total. The summed E-state index contributed by atoms with van der Waals surface area (Å²) in [5.41, 5.74) is 4.66. The zero-order chi connectivity index (χ0) is 30.2. The van der Waals surface area contributed by atoms with Crippen molar-refractivity contribution in [1.82, 2.24) is 14.7 Å². The van der Waals surface area contributed by atoms with Crippen LogP contribution in [0.2, 0.25) is 0 Å². The average Bonchev–Trinajstić information content (AvgIpc) is 3.43. The summed E-state index contributed by atoms with van der Waals surface area (Å²) in [7, 11) is -3.39. The van der Waals surface area contributed by atoms with Crippen LogP contribution in [0.1, 0.15) is 74.6 Å². The number of piperazine rings is 1. The van der Waals surface area contributed by atoms with Gasteiger partial charge in [-0.15, -0.1) is 0 Å². The van der Waals surface area contributed by atoms with Gasteiger partial charge in [-0.3, -0.25) is 19.3 Å². The maximum Gasteiger partial charge on any atom is 0.254 e. The summed E-state index contributed by atoms with van der Waals surface area (Å²) in [6.45, 7) is 16.8. The molecule has 41 heavy (non-hydrogen) atoms. The number of sulfonamides is 1. The molecule has 3 aromatic rings. The van der Waals surface area contributed by atoms with Crippen molar-refractivity contribution in [3.63, 3.8) is 0 Å². The third kappa shape index (κ3) is 9.13. The molecule has 1 N–H and O–H groups in total. The fourth-order valence-corrected chi connectivity index (χ4v) is 6.66. The molecule has 1 aliphatic rings. The first-order valence-corrected chi connectivity index (χ1v) is 17.3. The van der Waals surface area contributed by atoms with Gasteiger partial charge < -0.3 is 4.90 Å². The van der Waals surface area contributed by atoms with E-state index in [1.54, 1.807) is 17.4 Å². The summed E-state index contributed by atoms with van der Waals surface area (Å²) in [5, 5.41) is 4.33. The van der Waals surface area contributed by atoms with Gasteiger partial charge in [-0.05, 0) is 85.5 Å². The molecule has 4 rings (SSSR count). The minimum absolute atomic E-state index is 0.0319. The molecule has 2 aromatic carbocycles. The van der Waals surface area contributed by atoms with Gasteiger partial charge >= 0.3 is 0 Å². The van der Waals surface area contributed by atoms with Crippen LogP contribution in [0.4, 0.5) is 5.69 Å². The summed E-state index contributed by atoms with van der Waals surface area (Å²) in [4.78, 5) is 20.1. The lowest BCUT2D eigenvalue weighted by Gasteiger charge is -2.40. The van der Waals surface area contributed by atoms with E-state index in [4.69, 9.17) is 0 Å². The van der Waals surface area contributed by atoms with E-state index in [-0.39, 0.29) is 24.0 Å². The number of rotatable bonds is 10. The Kier molecular flexibility index (Phi) is 12.0. The smallest absolute Gasteiger partial charge is 0.254 e. The summed E-state index contributed by atoms with van der Waals surface area (Å²) in [5.74, 6) is 0.0319. The Morgan fingerprint density at radius 2 is 1.56 bits per heavy atom. The van der Waals surface area contributed by atoms with Crippen LogP contribution in [-0.4, -0.2) is 73.5 Å². The molecule has 0 spiro atoms. The molecule has 1 aromatic heterocycles. The van der Waals surface area contributed by atoms with Gasteiger partial charge in [0.25, 0.3) is 5.91 Å². The summed E-state index contributed by atoms with van der Waals surface area (Å²) < 4.78 is 26.4. The molecule has 9 heteroatoms. The summed E-state index contributed by atoms with van der Waals surface area (Å²) >= 11 is 1.73. The van der Waals surface area contributed by atoms with Gasteiger partial charge in [0.15, 0.2) is 0 Å². The topological polar surface area (TPSA) is 73.0 Å². The molecule has 1 fully saturated rings. The highest BCUT2D eigenvalue weighted by Crippen LogP contribution is 2.32. The van der Waals surface area contributed by atoms with Gasteiger partial charge in [0.2, 0.25) is 10.0 Å². The van der Waals surface area contributed by atoms with Gasteiger partial charge in [0.1, 0.15) is 0 Å². The van der Waals surface area contributed by atoms with Crippen molar-refractivity contribution < 1.29 is 13.2 Å². The second-order valence-corrected chi connectivity index (χ2v) is 13.4. The van der Waals surface area contributed by atoms with Gasteiger partial charge in [-0.25, -0.2) is 8.42 Å². The number of hydrogen-bond donors (Lipinski definition) is 1. The van der Waals surface area contributed by atoms with Crippen LogP contribution in [0.5, 0.6) is 0 Å². The van der Waals surface area contributed by atoms with E-state index >= 15 is 0 Å². The Morgan fingerprint density at radius 3 is 2.10 bits per heavy atom. The summed E-state index contributed by atoms with van der Waals surface area (Å²) in [6.07, 6.45) is 1.16. The zero-order valence-corrected chi connectivity index (χ0v) is 27.1. The predicted molar refractivity (Wildman–Crippen MR) is 172 cm³/mol. The Labute approximate surface area is 251 Å². The van der Waals surface area contributed by atoms with Crippen LogP contribution in [0, 0.1) is 0 Å². The van der Waals surface area contributed by atoms with Crippen LogP contribution in [0.25, 0.3) is 0 Å². The van der Waals surface area contributed by atoms with E-state index in [0.717, 1.165) is 50.1 Å². The molecule has 0 bridgehead atoms. The zero-order valence-electron chi connectivity index (χ0n) is 25.5. The normalized spacial score (nSPS) is 15.3. The Balaban J connectivity index is 0.00000226. The fraction of sp³-hybridized carbons (Fsp3) is 0.469. The van der Waals surface area contributed by atoms with Crippen molar-refractivity contribution in [2.75, 3.05) is 37.2 Å². The van der Waals surface area contributed by atoms with E-state index < -0.39 is 10.0 Å². The number of nitrogens with one attached hydrogen (secondary N) is 1. The monoisotopic (exact) mass is 598 g/mol. The first-order valence-electron chi connectivity index (χ1n) is 14.5. The maximum atomic E-state index is 13.3. The first kappa shape index (κ1) is 32.8. The first-order chi connectivity index (χ1) is 19.5. The predicted octanol–water partition coefficient (Wildman–Crippen LogP) is 6.31. The third-order valence-electron chi connectivity index (χ3n) is 7.08. The van der Waals surface area contributed by atoms with Gasteiger partial charge in [0.05, 0.1) is 12.3 Å². The SMILES string of the molecule is CC.CC(C)N(C(=O)c1ccc(C(c2cccc(NS(C)(=O)=O)c2)N2CCN(Cc3ccsc3)CC2)cc1)C(C)C. The Morgan fingerprint density at radius 1 is 0.927 bits per heavy atom. The van der Waals surface area contributed by atoms with E-state index in [1.165, 1.54) is 5.56 Å². The largest absolute Gasteiger partial charge is 0.334 e. The van der Waals surface area contributed by atoms with E-state index in [0.29, 0.717) is 11.3 Å². The molecule has 1 atom stereocenters. The fourth-order valence-electron chi connectivity index (χ4n) is 5.44. The Bertz CT molecular complexity index is 1320. The lowest BCUT2D eigenvalue weighted by Crippen LogP contribution is -2.47. The maximum absolute atomic E-state index is 13.3. The van der Waals surface area contributed by atoms with Crippen LogP contribution < -0.4 is 4.72 Å². The van der Waals surface area contributed by atoms with Crippen LogP contribution >= 0.6 is 11.3 Å². The summed E-state index contributed by atoms with van der Waals surface area (Å²) in [6, 6.07) is 17.9. The standard InChI is InChI=1S/C30H40N4O3S2.C2H6/c1-22(2)34(23(3)4)30(35)26-11-9-25(10-12-26)29(27-7-6-8-28(19-27)31-39(5,36)37)33-16-14-32(15-17-33)20-24-13-18-38-21-24;1-2/h6-13,18-19,21-23,29,31H,14-17,20H2,1-5H3;1-2H3. The molecule has 0 aliphatic carbocycles. The third-order valence-corrected chi connectivity index (χ3v) is 8.42. The quantitative estimate of drug-likeness (QED) is 0.296. The highest BCUT2D eigenvalue weighted by Gasteiger charge is 2.28. The molecule has 1 aliphatic heterocycles. The molecule has 224 valence electrons. The molecule has 2 heterocycles. The van der Waals surface area contributed by atoms with Crippen LogP contribution in [-0.2, 0) is 16.6 Å². The van der Waals surface area contributed by atoms with Gasteiger partial charge in [-0.1, -0.05) is 38.1 Å². The van der Waals surface area contributed by atoms with Gasteiger partial charge in [-0.2, -0.15) is 11.3 Å². The molecule has 0 saturated carbocycles. The number of thiophene rings is 1. The molecule has 1 amide bonds. The van der Waals surface area contributed by atoms with Crippen molar-refractivity contribution in [2.45, 2.75) is 66.2 Å². The molecule has 1 unspecified atom stereocenters. The number of anilines is 1. The lowest BCUT2D eigenvalue weighted by molar-refractivity contribution is 0.0643. The van der Waals surface area contributed by atoms with Crippen LogP contribution in [0.3, 0.4) is 0 Å². The second kappa shape index (κ2) is 15.0.